The normalized spacial score (nSPS) is 16.1. The molecule has 2 heterocycles. The number of pyridine rings is 1. The van der Waals surface area contributed by atoms with Gasteiger partial charge in [-0.3, -0.25) is 9.78 Å². The average Bonchev–Trinajstić information content (AvgIpc) is 3.33. The van der Waals surface area contributed by atoms with Gasteiger partial charge in [0, 0.05) is 37.7 Å². The smallest absolute Gasteiger partial charge is 0.254 e. The molecule has 166 valence electrons. The van der Waals surface area contributed by atoms with Gasteiger partial charge in [0.25, 0.3) is 5.91 Å². The molecule has 0 radical (unpaired) electrons. The summed E-state index contributed by atoms with van der Waals surface area (Å²) in [5.41, 5.74) is 2.11. The van der Waals surface area contributed by atoms with Crippen molar-refractivity contribution < 1.29 is 17.9 Å². The van der Waals surface area contributed by atoms with Gasteiger partial charge in [-0.15, -0.1) is 0 Å². The SMILES string of the molecule is O=C(c1ccc(CS(=O)(=O)c2ccccc2)cc1)N(Cc1cccnc1)CC1CCCO1. The first-order chi connectivity index (χ1) is 15.5. The lowest BCUT2D eigenvalue weighted by Crippen LogP contribution is -2.37. The van der Waals surface area contributed by atoms with Crippen molar-refractivity contribution in [1.82, 2.24) is 9.88 Å². The largest absolute Gasteiger partial charge is 0.376 e. The fraction of sp³-hybridized carbons (Fsp3) is 0.280. The van der Waals surface area contributed by atoms with E-state index in [0.717, 1.165) is 25.0 Å². The van der Waals surface area contributed by atoms with Crippen molar-refractivity contribution in [2.75, 3.05) is 13.2 Å². The van der Waals surface area contributed by atoms with Gasteiger partial charge in [0.2, 0.25) is 0 Å². The number of amides is 1. The molecule has 0 N–H and O–H groups in total. The van der Waals surface area contributed by atoms with E-state index in [1.165, 1.54) is 0 Å². The number of ether oxygens (including phenoxy) is 1. The Hall–Kier alpha value is -3.03. The van der Waals surface area contributed by atoms with Crippen LogP contribution in [0.15, 0.2) is 84.0 Å². The number of carbonyl (C=O) groups excluding carboxylic acids is 1. The van der Waals surface area contributed by atoms with Crippen LogP contribution in [0.1, 0.15) is 34.3 Å². The molecule has 1 aliphatic heterocycles. The van der Waals surface area contributed by atoms with E-state index in [9.17, 15) is 13.2 Å². The van der Waals surface area contributed by atoms with Gasteiger partial charge < -0.3 is 9.64 Å². The zero-order valence-corrected chi connectivity index (χ0v) is 18.6. The number of rotatable bonds is 8. The molecule has 1 unspecified atom stereocenters. The summed E-state index contributed by atoms with van der Waals surface area (Å²) >= 11 is 0. The minimum absolute atomic E-state index is 0.0333. The van der Waals surface area contributed by atoms with Crippen LogP contribution < -0.4 is 0 Å². The van der Waals surface area contributed by atoms with Gasteiger partial charge in [-0.25, -0.2) is 8.42 Å². The minimum Gasteiger partial charge on any atom is -0.376 e. The molecule has 1 aliphatic rings. The molecule has 6 nitrogen and oxygen atoms in total. The molecular weight excluding hydrogens is 424 g/mol. The molecule has 1 aromatic heterocycles. The molecule has 1 fully saturated rings. The van der Waals surface area contributed by atoms with Crippen molar-refractivity contribution in [3.05, 3.63) is 95.8 Å². The van der Waals surface area contributed by atoms with Gasteiger partial charge >= 0.3 is 0 Å². The quantitative estimate of drug-likeness (QED) is 0.521. The predicted molar refractivity (Wildman–Crippen MR) is 122 cm³/mol. The zero-order valence-electron chi connectivity index (χ0n) is 17.8. The lowest BCUT2D eigenvalue weighted by atomic mass is 10.1. The van der Waals surface area contributed by atoms with Gasteiger partial charge in [-0.1, -0.05) is 36.4 Å². The summed E-state index contributed by atoms with van der Waals surface area (Å²) in [5.74, 6) is -0.220. The third-order valence-electron chi connectivity index (χ3n) is 5.49. The Labute approximate surface area is 188 Å². The Balaban J connectivity index is 1.49. The summed E-state index contributed by atoms with van der Waals surface area (Å²) in [6, 6.07) is 19.0. The standard InChI is InChI=1S/C25H26N2O4S/c28-25(27(18-23-7-5-15-31-23)17-21-6-4-14-26-16-21)22-12-10-20(11-13-22)19-32(29,30)24-8-2-1-3-9-24/h1-4,6,8-14,16,23H,5,7,15,17-19H2. The lowest BCUT2D eigenvalue weighted by Gasteiger charge is -2.25. The second-order valence-corrected chi connectivity index (χ2v) is 9.94. The van der Waals surface area contributed by atoms with Gasteiger partial charge in [-0.05, 0) is 54.3 Å². The number of sulfone groups is 1. The van der Waals surface area contributed by atoms with Crippen molar-refractivity contribution in [3.63, 3.8) is 0 Å². The molecule has 3 aromatic rings. The summed E-state index contributed by atoms with van der Waals surface area (Å²) in [7, 11) is -3.44. The van der Waals surface area contributed by atoms with Crippen LogP contribution in [0.25, 0.3) is 0 Å². The third kappa shape index (κ3) is 5.60. The molecule has 1 amide bonds. The van der Waals surface area contributed by atoms with Crippen LogP contribution in [0, 0.1) is 0 Å². The number of aromatic nitrogens is 1. The highest BCUT2D eigenvalue weighted by Crippen LogP contribution is 2.19. The maximum absolute atomic E-state index is 13.3. The zero-order chi connectivity index (χ0) is 22.4. The Kier molecular flexibility index (Phi) is 6.97. The molecule has 32 heavy (non-hydrogen) atoms. The highest BCUT2D eigenvalue weighted by Gasteiger charge is 2.24. The monoisotopic (exact) mass is 450 g/mol. The summed E-state index contributed by atoms with van der Waals surface area (Å²) in [6.45, 7) is 1.68. The maximum atomic E-state index is 13.3. The van der Waals surface area contributed by atoms with E-state index in [-0.39, 0.29) is 17.8 Å². The topological polar surface area (TPSA) is 76.6 Å². The van der Waals surface area contributed by atoms with Crippen LogP contribution in [0.4, 0.5) is 0 Å². The summed E-state index contributed by atoms with van der Waals surface area (Å²) in [5, 5.41) is 0. The number of hydrogen-bond acceptors (Lipinski definition) is 5. The highest BCUT2D eigenvalue weighted by atomic mass is 32.2. The van der Waals surface area contributed by atoms with E-state index < -0.39 is 9.84 Å². The maximum Gasteiger partial charge on any atom is 0.254 e. The van der Waals surface area contributed by atoms with Crippen LogP contribution >= 0.6 is 0 Å². The molecule has 2 aromatic carbocycles. The van der Waals surface area contributed by atoms with Gasteiger partial charge in [0.1, 0.15) is 0 Å². The Bertz CT molecular complexity index is 1130. The fourth-order valence-corrected chi connectivity index (χ4v) is 5.19. The summed E-state index contributed by atoms with van der Waals surface area (Å²) in [4.78, 5) is 19.5. The number of benzene rings is 2. The second-order valence-electron chi connectivity index (χ2n) is 7.95. The number of nitrogens with zero attached hydrogens (tertiary/aromatic N) is 2. The van der Waals surface area contributed by atoms with Gasteiger partial charge in [0.15, 0.2) is 9.84 Å². The fourth-order valence-electron chi connectivity index (χ4n) is 3.82. The average molecular weight is 451 g/mol. The van der Waals surface area contributed by atoms with Gasteiger partial charge in [-0.2, -0.15) is 0 Å². The van der Waals surface area contributed by atoms with Crippen molar-refractivity contribution in [1.29, 1.82) is 0 Å². The van der Waals surface area contributed by atoms with E-state index in [0.29, 0.717) is 29.1 Å². The van der Waals surface area contributed by atoms with Crippen molar-refractivity contribution in [3.8, 4) is 0 Å². The van der Waals surface area contributed by atoms with Crippen molar-refractivity contribution in [2.45, 2.75) is 36.1 Å². The van der Waals surface area contributed by atoms with E-state index in [2.05, 4.69) is 4.98 Å². The van der Waals surface area contributed by atoms with E-state index in [4.69, 9.17) is 4.74 Å². The molecule has 1 saturated heterocycles. The van der Waals surface area contributed by atoms with E-state index in [1.54, 1.807) is 71.9 Å². The van der Waals surface area contributed by atoms with E-state index >= 15 is 0 Å². The number of hydrogen-bond donors (Lipinski definition) is 0. The number of carbonyl (C=O) groups is 1. The lowest BCUT2D eigenvalue weighted by molar-refractivity contribution is 0.0507. The van der Waals surface area contributed by atoms with Crippen LogP contribution in [0.5, 0.6) is 0 Å². The van der Waals surface area contributed by atoms with Gasteiger partial charge in [0.05, 0.1) is 16.8 Å². The Morgan fingerprint density at radius 3 is 2.44 bits per heavy atom. The minimum atomic E-state index is -3.44. The first kappa shape index (κ1) is 22.2. The molecular formula is C25H26N2O4S. The van der Waals surface area contributed by atoms with Crippen LogP contribution in [0.3, 0.4) is 0 Å². The summed E-state index contributed by atoms with van der Waals surface area (Å²) < 4.78 is 31.0. The molecule has 0 bridgehead atoms. The van der Waals surface area contributed by atoms with Crippen LogP contribution in [0.2, 0.25) is 0 Å². The van der Waals surface area contributed by atoms with Crippen molar-refractivity contribution >= 4 is 15.7 Å². The first-order valence-corrected chi connectivity index (χ1v) is 12.3. The molecule has 7 heteroatoms. The summed E-state index contributed by atoms with van der Waals surface area (Å²) in [6.07, 6.45) is 5.44. The molecule has 1 atom stereocenters. The molecule has 0 aliphatic carbocycles. The highest BCUT2D eigenvalue weighted by molar-refractivity contribution is 7.90. The van der Waals surface area contributed by atoms with Crippen LogP contribution in [-0.2, 0) is 26.9 Å². The van der Waals surface area contributed by atoms with Crippen LogP contribution in [-0.4, -0.2) is 43.5 Å². The Morgan fingerprint density at radius 2 is 1.78 bits per heavy atom. The second kappa shape index (κ2) is 10.1. The van der Waals surface area contributed by atoms with E-state index in [1.807, 2.05) is 12.1 Å². The Morgan fingerprint density at radius 1 is 1.00 bits per heavy atom. The molecule has 0 spiro atoms. The molecule has 4 rings (SSSR count). The van der Waals surface area contributed by atoms with Crippen molar-refractivity contribution in [2.24, 2.45) is 0 Å². The predicted octanol–water partition coefficient (Wildman–Crippen LogP) is 3.88. The first-order valence-electron chi connectivity index (χ1n) is 10.7. The molecule has 0 saturated carbocycles. The third-order valence-corrected chi connectivity index (χ3v) is 7.20.